The van der Waals surface area contributed by atoms with Gasteiger partial charge < -0.3 is 10.4 Å². The van der Waals surface area contributed by atoms with E-state index in [-0.39, 0.29) is 12.5 Å². The van der Waals surface area contributed by atoms with Crippen molar-refractivity contribution in [2.24, 2.45) is 5.41 Å². The Morgan fingerprint density at radius 2 is 1.96 bits per heavy atom. The van der Waals surface area contributed by atoms with Gasteiger partial charge in [0, 0.05) is 12.5 Å². The van der Waals surface area contributed by atoms with E-state index in [1.54, 1.807) is 4.68 Å². The number of benzene rings is 1. The Balaban J connectivity index is 1.59. The van der Waals surface area contributed by atoms with Crippen molar-refractivity contribution < 1.29 is 14.7 Å². The van der Waals surface area contributed by atoms with Crippen LogP contribution in [0, 0.1) is 5.41 Å². The minimum absolute atomic E-state index is 0.167. The molecule has 2 aliphatic rings. The third-order valence-electron chi connectivity index (χ3n) is 4.85. The molecule has 1 heterocycles. The highest BCUT2D eigenvalue weighted by atomic mass is 16.4. The number of nitrogens with zero attached hydrogens (tertiary/aromatic N) is 2. The summed E-state index contributed by atoms with van der Waals surface area (Å²) in [7, 11) is 0. The van der Waals surface area contributed by atoms with Gasteiger partial charge in [-0.15, -0.1) is 0 Å². The highest BCUT2D eigenvalue weighted by molar-refractivity contribution is 5.94. The van der Waals surface area contributed by atoms with Gasteiger partial charge in [0.15, 0.2) is 0 Å². The number of carboxylic acids is 1. The lowest BCUT2D eigenvalue weighted by molar-refractivity contribution is -0.143. The summed E-state index contributed by atoms with van der Waals surface area (Å²) in [6.07, 6.45) is 3.45. The number of aliphatic carboxylic acids is 1. The first-order valence-electron chi connectivity index (χ1n) is 8.26. The van der Waals surface area contributed by atoms with E-state index in [0.29, 0.717) is 24.5 Å². The quantitative estimate of drug-likeness (QED) is 0.854. The van der Waals surface area contributed by atoms with E-state index in [0.717, 1.165) is 24.2 Å². The molecule has 1 amide bonds. The number of nitrogens with one attached hydrogen (secondary N) is 1. The Bertz CT molecular complexity index is 789. The standard InChI is InChI=1S/C18H19N3O3/c22-16(19-11-18(8-9-18)17(23)24)15-10-14(12-6-7-12)20-21(15)13-4-2-1-3-5-13/h1-5,10,12H,6-9,11H2,(H,19,22)(H,23,24). The average molecular weight is 325 g/mol. The van der Waals surface area contributed by atoms with Gasteiger partial charge in [-0.05, 0) is 43.9 Å². The van der Waals surface area contributed by atoms with Crippen molar-refractivity contribution in [2.75, 3.05) is 6.54 Å². The molecule has 0 atom stereocenters. The van der Waals surface area contributed by atoms with Crippen LogP contribution in [0.4, 0.5) is 0 Å². The van der Waals surface area contributed by atoms with Crippen molar-refractivity contribution in [3.8, 4) is 5.69 Å². The third-order valence-corrected chi connectivity index (χ3v) is 4.85. The van der Waals surface area contributed by atoms with Crippen LogP contribution >= 0.6 is 0 Å². The maximum atomic E-state index is 12.6. The second-order valence-corrected chi connectivity index (χ2v) is 6.74. The lowest BCUT2D eigenvalue weighted by atomic mass is 10.1. The number of aromatic nitrogens is 2. The molecule has 2 aliphatic carbocycles. The van der Waals surface area contributed by atoms with Gasteiger partial charge >= 0.3 is 5.97 Å². The minimum Gasteiger partial charge on any atom is -0.481 e. The molecule has 1 aromatic heterocycles. The predicted molar refractivity (Wildman–Crippen MR) is 87.2 cm³/mol. The Labute approximate surface area is 139 Å². The van der Waals surface area contributed by atoms with E-state index in [9.17, 15) is 14.7 Å². The van der Waals surface area contributed by atoms with Gasteiger partial charge in [0.2, 0.25) is 0 Å². The summed E-state index contributed by atoms with van der Waals surface area (Å²) in [5, 5.41) is 16.6. The normalized spacial score (nSPS) is 18.2. The summed E-state index contributed by atoms with van der Waals surface area (Å²) >= 11 is 0. The summed E-state index contributed by atoms with van der Waals surface area (Å²) in [6.45, 7) is 0.167. The van der Waals surface area contributed by atoms with Crippen LogP contribution in [0.5, 0.6) is 0 Å². The molecule has 24 heavy (non-hydrogen) atoms. The highest BCUT2D eigenvalue weighted by Gasteiger charge is 2.50. The predicted octanol–water partition coefficient (Wildman–Crippen LogP) is 2.34. The van der Waals surface area contributed by atoms with Crippen LogP contribution in [0.25, 0.3) is 5.69 Å². The molecule has 1 aromatic carbocycles. The van der Waals surface area contributed by atoms with Gasteiger partial charge in [-0.25, -0.2) is 4.68 Å². The first-order chi connectivity index (χ1) is 11.6. The van der Waals surface area contributed by atoms with Crippen LogP contribution < -0.4 is 5.32 Å². The molecule has 0 radical (unpaired) electrons. The van der Waals surface area contributed by atoms with Crippen LogP contribution in [0.2, 0.25) is 0 Å². The van der Waals surface area contributed by atoms with E-state index in [1.807, 2.05) is 36.4 Å². The number of carbonyl (C=O) groups excluding carboxylic acids is 1. The zero-order valence-corrected chi connectivity index (χ0v) is 13.2. The molecule has 6 nitrogen and oxygen atoms in total. The van der Waals surface area contributed by atoms with Crippen molar-refractivity contribution in [1.29, 1.82) is 0 Å². The fraction of sp³-hybridized carbons (Fsp3) is 0.389. The summed E-state index contributed by atoms with van der Waals surface area (Å²) in [4.78, 5) is 23.9. The summed E-state index contributed by atoms with van der Waals surface area (Å²) in [5.74, 6) is -0.667. The molecule has 2 saturated carbocycles. The van der Waals surface area contributed by atoms with E-state index >= 15 is 0 Å². The lowest BCUT2D eigenvalue weighted by Crippen LogP contribution is -2.35. The minimum atomic E-state index is -0.835. The molecule has 4 rings (SSSR count). The molecule has 2 aromatic rings. The van der Waals surface area contributed by atoms with Crippen molar-refractivity contribution in [1.82, 2.24) is 15.1 Å². The fourth-order valence-electron chi connectivity index (χ4n) is 2.86. The Kier molecular flexibility index (Phi) is 3.40. The number of amides is 1. The zero-order chi connectivity index (χ0) is 16.7. The molecular weight excluding hydrogens is 306 g/mol. The maximum absolute atomic E-state index is 12.6. The summed E-state index contributed by atoms with van der Waals surface area (Å²) < 4.78 is 1.66. The highest BCUT2D eigenvalue weighted by Crippen LogP contribution is 2.45. The van der Waals surface area contributed by atoms with Crippen LogP contribution in [-0.4, -0.2) is 33.3 Å². The van der Waals surface area contributed by atoms with Gasteiger partial charge in [-0.2, -0.15) is 5.10 Å². The number of para-hydroxylation sites is 1. The summed E-state index contributed by atoms with van der Waals surface area (Å²) in [6, 6.07) is 11.4. The van der Waals surface area contributed by atoms with Crippen molar-refractivity contribution in [3.05, 3.63) is 47.8 Å². The molecule has 0 unspecified atom stereocenters. The molecule has 2 fully saturated rings. The van der Waals surface area contributed by atoms with E-state index in [4.69, 9.17) is 0 Å². The van der Waals surface area contributed by atoms with Crippen LogP contribution in [-0.2, 0) is 4.79 Å². The van der Waals surface area contributed by atoms with E-state index in [1.165, 1.54) is 0 Å². The Morgan fingerprint density at radius 1 is 1.25 bits per heavy atom. The second-order valence-electron chi connectivity index (χ2n) is 6.74. The van der Waals surface area contributed by atoms with E-state index in [2.05, 4.69) is 10.4 Å². The molecule has 124 valence electrons. The van der Waals surface area contributed by atoms with Crippen LogP contribution in [0.3, 0.4) is 0 Å². The molecule has 6 heteroatoms. The monoisotopic (exact) mass is 325 g/mol. The molecule has 2 N–H and O–H groups in total. The second kappa shape index (κ2) is 5.47. The molecule has 0 spiro atoms. The number of hydrogen-bond donors (Lipinski definition) is 2. The van der Waals surface area contributed by atoms with Gasteiger partial charge in [-0.1, -0.05) is 18.2 Å². The third kappa shape index (κ3) is 2.68. The first kappa shape index (κ1) is 14.9. The smallest absolute Gasteiger partial charge is 0.311 e. The van der Waals surface area contributed by atoms with Gasteiger partial charge in [0.1, 0.15) is 5.69 Å². The average Bonchev–Trinajstić information content (AvgIpc) is 3.51. The van der Waals surface area contributed by atoms with Gasteiger partial charge in [0.05, 0.1) is 16.8 Å². The summed E-state index contributed by atoms with van der Waals surface area (Å²) in [5.41, 5.74) is 1.45. The van der Waals surface area contributed by atoms with E-state index < -0.39 is 11.4 Å². The topological polar surface area (TPSA) is 84.2 Å². The Morgan fingerprint density at radius 3 is 2.54 bits per heavy atom. The lowest BCUT2D eigenvalue weighted by Gasteiger charge is -2.12. The number of rotatable bonds is 6. The van der Waals surface area contributed by atoms with Crippen LogP contribution in [0.1, 0.15) is 47.8 Å². The molecule has 0 saturated heterocycles. The van der Waals surface area contributed by atoms with Gasteiger partial charge in [-0.3, -0.25) is 9.59 Å². The number of hydrogen-bond acceptors (Lipinski definition) is 3. The van der Waals surface area contributed by atoms with Crippen LogP contribution in [0.15, 0.2) is 36.4 Å². The molecule has 0 bridgehead atoms. The number of carbonyl (C=O) groups is 2. The maximum Gasteiger partial charge on any atom is 0.311 e. The molecule has 0 aliphatic heterocycles. The Hall–Kier alpha value is -2.63. The SMILES string of the molecule is O=C(NCC1(C(=O)O)CC1)c1cc(C2CC2)nn1-c1ccccc1. The largest absolute Gasteiger partial charge is 0.481 e. The van der Waals surface area contributed by atoms with Crippen molar-refractivity contribution >= 4 is 11.9 Å². The first-order valence-corrected chi connectivity index (χ1v) is 8.26. The van der Waals surface area contributed by atoms with Crippen molar-refractivity contribution in [2.45, 2.75) is 31.6 Å². The molecular formula is C18H19N3O3. The van der Waals surface area contributed by atoms with Gasteiger partial charge in [0.25, 0.3) is 5.91 Å². The zero-order valence-electron chi connectivity index (χ0n) is 13.2. The van der Waals surface area contributed by atoms with Crippen molar-refractivity contribution in [3.63, 3.8) is 0 Å². The number of carboxylic acid groups (broad SMARTS) is 1. The fourth-order valence-corrected chi connectivity index (χ4v) is 2.86.